The summed E-state index contributed by atoms with van der Waals surface area (Å²) >= 11 is 0. The molecule has 2 heteroatoms. The predicted molar refractivity (Wildman–Crippen MR) is 43.5 cm³/mol. The summed E-state index contributed by atoms with van der Waals surface area (Å²) in [5.74, 6) is 1.97. The Morgan fingerprint density at radius 1 is 1.30 bits per heavy atom. The predicted octanol–water partition coefficient (Wildman–Crippen LogP) is 0.565. The minimum absolute atomic E-state index is 0.347. The van der Waals surface area contributed by atoms with E-state index >= 15 is 0 Å². The van der Waals surface area contributed by atoms with Crippen LogP contribution in [-0.2, 0) is 0 Å². The first kappa shape index (κ1) is 8.02. The molecule has 1 fully saturated rings. The van der Waals surface area contributed by atoms with E-state index in [0.29, 0.717) is 17.9 Å². The van der Waals surface area contributed by atoms with E-state index in [1.54, 1.807) is 0 Å². The van der Waals surface area contributed by atoms with E-state index in [1.165, 1.54) is 6.42 Å². The molecule has 4 N–H and O–H groups in total. The zero-order chi connectivity index (χ0) is 7.72. The minimum Gasteiger partial charge on any atom is -0.330 e. The molecule has 0 radical (unpaired) electrons. The van der Waals surface area contributed by atoms with Gasteiger partial charge in [-0.05, 0) is 30.7 Å². The van der Waals surface area contributed by atoms with Gasteiger partial charge < -0.3 is 11.5 Å². The molecule has 60 valence electrons. The van der Waals surface area contributed by atoms with Crippen LogP contribution in [0.1, 0.15) is 20.3 Å². The van der Waals surface area contributed by atoms with Crippen LogP contribution >= 0.6 is 0 Å². The summed E-state index contributed by atoms with van der Waals surface area (Å²) in [5.41, 5.74) is 11.5. The van der Waals surface area contributed by atoms with Crippen LogP contribution in [0.4, 0.5) is 0 Å². The fraction of sp³-hybridized carbons (Fsp3) is 1.00. The molecule has 0 heterocycles. The molecule has 0 amide bonds. The molecule has 0 saturated heterocycles. The van der Waals surface area contributed by atoms with Gasteiger partial charge in [-0.1, -0.05) is 13.8 Å². The molecule has 0 aromatic heterocycles. The highest BCUT2D eigenvalue weighted by molar-refractivity contribution is 4.90. The summed E-state index contributed by atoms with van der Waals surface area (Å²) in [6.07, 6.45) is 1.25. The Labute approximate surface area is 63.0 Å². The summed E-state index contributed by atoms with van der Waals surface area (Å²) in [6, 6.07) is 0.347. The van der Waals surface area contributed by atoms with Crippen molar-refractivity contribution >= 4 is 0 Å². The van der Waals surface area contributed by atoms with Gasteiger partial charge in [-0.3, -0.25) is 0 Å². The largest absolute Gasteiger partial charge is 0.330 e. The van der Waals surface area contributed by atoms with E-state index in [1.807, 2.05) is 0 Å². The Balaban J connectivity index is 2.55. The number of hydrogen-bond donors (Lipinski definition) is 2. The van der Waals surface area contributed by atoms with Crippen LogP contribution in [0.3, 0.4) is 0 Å². The Morgan fingerprint density at radius 3 is 2.10 bits per heavy atom. The van der Waals surface area contributed by atoms with Gasteiger partial charge in [0.2, 0.25) is 0 Å². The van der Waals surface area contributed by atoms with E-state index in [9.17, 15) is 0 Å². The molecule has 0 aromatic carbocycles. The van der Waals surface area contributed by atoms with Gasteiger partial charge in [0.25, 0.3) is 0 Å². The monoisotopic (exact) mass is 142 g/mol. The molecule has 4 atom stereocenters. The molecular formula is C8H18N2. The molecule has 10 heavy (non-hydrogen) atoms. The van der Waals surface area contributed by atoms with Gasteiger partial charge in [0.05, 0.1) is 0 Å². The lowest BCUT2D eigenvalue weighted by Gasteiger charge is -2.18. The zero-order valence-corrected chi connectivity index (χ0v) is 6.88. The highest BCUT2D eigenvalue weighted by Crippen LogP contribution is 2.33. The second-order valence-corrected chi connectivity index (χ2v) is 3.67. The Kier molecular flexibility index (Phi) is 2.32. The van der Waals surface area contributed by atoms with E-state index in [4.69, 9.17) is 11.5 Å². The Hall–Kier alpha value is -0.0800. The van der Waals surface area contributed by atoms with Crippen LogP contribution in [0.25, 0.3) is 0 Å². The van der Waals surface area contributed by atoms with Crippen molar-refractivity contribution < 1.29 is 0 Å². The molecule has 4 unspecified atom stereocenters. The lowest BCUT2D eigenvalue weighted by Crippen LogP contribution is -2.35. The summed E-state index contributed by atoms with van der Waals surface area (Å²) < 4.78 is 0. The molecule has 1 rings (SSSR count). The maximum atomic E-state index is 5.94. The van der Waals surface area contributed by atoms with Crippen LogP contribution in [0.5, 0.6) is 0 Å². The molecule has 0 spiro atoms. The maximum absolute atomic E-state index is 5.94. The maximum Gasteiger partial charge on any atom is 0.0108 e. The van der Waals surface area contributed by atoms with Gasteiger partial charge in [-0.25, -0.2) is 0 Å². The third kappa shape index (κ3) is 1.18. The standard InChI is InChI=1S/C8H18N2/c1-5-3-6(2)8(10)7(5)4-9/h5-8H,3-4,9-10H2,1-2H3. The van der Waals surface area contributed by atoms with Crippen molar-refractivity contribution in [3.05, 3.63) is 0 Å². The minimum atomic E-state index is 0.347. The number of rotatable bonds is 1. The molecule has 0 aliphatic heterocycles. The third-order valence-corrected chi connectivity index (χ3v) is 2.90. The SMILES string of the molecule is CC1CC(C)C(CN)C1N. The van der Waals surface area contributed by atoms with Gasteiger partial charge in [-0.2, -0.15) is 0 Å². The normalized spacial score (nSPS) is 48.0. The highest BCUT2D eigenvalue weighted by Gasteiger charge is 2.34. The quantitative estimate of drug-likeness (QED) is 0.562. The van der Waals surface area contributed by atoms with Crippen molar-refractivity contribution in [1.82, 2.24) is 0 Å². The molecular weight excluding hydrogens is 124 g/mol. The molecule has 1 saturated carbocycles. The Bertz CT molecular complexity index is 114. The molecule has 2 nitrogen and oxygen atoms in total. The van der Waals surface area contributed by atoms with E-state index in [0.717, 1.165) is 12.5 Å². The topological polar surface area (TPSA) is 52.0 Å². The number of nitrogens with two attached hydrogens (primary N) is 2. The van der Waals surface area contributed by atoms with Crippen molar-refractivity contribution in [2.24, 2.45) is 29.2 Å². The van der Waals surface area contributed by atoms with Gasteiger partial charge >= 0.3 is 0 Å². The smallest absolute Gasteiger partial charge is 0.0108 e. The van der Waals surface area contributed by atoms with Crippen LogP contribution in [0, 0.1) is 17.8 Å². The zero-order valence-electron chi connectivity index (χ0n) is 6.88. The van der Waals surface area contributed by atoms with Gasteiger partial charge in [0, 0.05) is 6.04 Å². The first-order chi connectivity index (χ1) is 4.66. The van der Waals surface area contributed by atoms with Crippen LogP contribution in [-0.4, -0.2) is 12.6 Å². The van der Waals surface area contributed by atoms with Crippen molar-refractivity contribution in [3.8, 4) is 0 Å². The summed E-state index contributed by atoms with van der Waals surface area (Å²) in [4.78, 5) is 0. The van der Waals surface area contributed by atoms with E-state index in [2.05, 4.69) is 13.8 Å². The summed E-state index contributed by atoms with van der Waals surface area (Å²) in [7, 11) is 0. The van der Waals surface area contributed by atoms with Crippen LogP contribution < -0.4 is 11.5 Å². The summed E-state index contributed by atoms with van der Waals surface area (Å²) in [5, 5.41) is 0. The van der Waals surface area contributed by atoms with Crippen molar-refractivity contribution in [3.63, 3.8) is 0 Å². The van der Waals surface area contributed by atoms with Crippen molar-refractivity contribution in [1.29, 1.82) is 0 Å². The molecule has 0 bridgehead atoms. The van der Waals surface area contributed by atoms with Crippen LogP contribution in [0.2, 0.25) is 0 Å². The third-order valence-electron chi connectivity index (χ3n) is 2.90. The second kappa shape index (κ2) is 2.89. The lowest BCUT2D eigenvalue weighted by atomic mass is 9.95. The van der Waals surface area contributed by atoms with Crippen LogP contribution in [0.15, 0.2) is 0 Å². The van der Waals surface area contributed by atoms with E-state index < -0.39 is 0 Å². The van der Waals surface area contributed by atoms with Gasteiger partial charge in [0.15, 0.2) is 0 Å². The second-order valence-electron chi connectivity index (χ2n) is 3.67. The average Bonchev–Trinajstić information content (AvgIpc) is 2.09. The molecule has 0 aromatic rings. The number of hydrogen-bond acceptors (Lipinski definition) is 2. The fourth-order valence-corrected chi connectivity index (χ4v) is 2.11. The van der Waals surface area contributed by atoms with Crippen molar-refractivity contribution in [2.75, 3.05) is 6.54 Å². The van der Waals surface area contributed by atoms with Gasteiger partial charge in [0.1, 0.15) is 0 Å². The fourth-order valence-electron chi connectivity index (χ4n) is 2.11. The first-order valence-corrected chi connectivity index (χ1v) is 4.12. The Morgan fingerprint density at radius 2 is 1.90 bits per heavy atom. The van der Waals surface area contributed by atoms with E-state index in [-0.39, 0.29) is 0 Å². The summed E-state index contributed by atoms with van der Waals surface area (Å²) in [6.45, 7) is 5.23. The highest BCUT2D eigenvalue weighted by atomic mass is 14.7. The molecule has 1 aliphatic rings. The first-order valence-electron chi connectivity index (χ1n) is 4.12. The average molecular weight is 142 g/mol. The lowest BCUT2D eigenvalue weighted by molar-refractivity contribution is 0.387. The van der Waals surface area contributed by atoms with Gasteiger partial charge in [-0.15, -0.1) is 0 Å². The van der Waals surface area contributed by atoms with Crippen molar-refractivity contribution in [2.45, 2.75) is 26.3 Å². The molecule has 1 aliphatic carbocycles.